The molecular formula is C23H24ClN3. The van der Waals surface area contributed by atoms with Gasteiger partial charge in [-0.3, -0.25) is 0 Å². The van der Waals surface area contributed by atoms with Crippen molar-refractivity contribution in [3.8, 4) is 0 Å². The summed E-state index contributed by atoms with van der Waals surface area (Å²) in [6.45, 7) is 5.08. The molecule has 0 radical (unpaired) electrons. The summed E-state index contributed by atoms with van der Waals surface area (Å²) < 4.78 is 0. The maximum Gasteiger partial charge on any atom is 0.204 e. The Bertz CT molecular complexity index is 859. The number of nitrogens with zero attached hydrogens (tertiary/aromatic N) is 2. The van der Waals surface area contributed by atoms with Crippen molar-refractivity contribution in [3.63, 3.8) is 0 Å². The van der Waals surface area contributed by atoms with Crippen LogP contribution < -0.4 is 5.32 Å². The predicted octanol–water partition coefficient (Wildman–Crippen LogP) is 6.35. The number of guanidine groups is 1. The fourth-order valence-electron chi connectivity index (χ4n) is 2.73. The van der Waals surface area contributed by atoms with Crippen molar-refractivity contribution in [3.05, 3.63) is 95.5 Å². The van der Waals surface area contributed by atoms with Gasteiger partial charge in [0.15, 0.2) is 0 Å². The molecular weight excluding hydrogens is 354 g/mol. The monoisotopic (exact) mass is 377 g/mol. The lowest BCUT2D eigenvalue weighted by atomic mass is 10.2. The highest BCUT2D eigenvalue weighted by molar-refractivity contribution is 6.30. The van der Waals surface area contributed by atoms with Gasteiger partial charge in [0, 0.05) is 23.3 Å². The SMILES string of the molecule is CC(C)N(Cc1ccc(Cl)cc1)C(=Nc1ccccc1)Nc1ccccc1. The van der Waals surface area contributed by atoms with Gasteiger partial charge in [-0.25, -0.2) is 4.99 Å². The van der Waals surface area contributed by atoms with Gasteiger partial charge in [0.25, 0.3) is 0 Å². The molecule has 0 amide bonds. The molecule has 138 valence electrons. The van der Waals surface area contributed by atoms with Crippen LogP contribution in [0.4, 0.5) is 11.4 Å². The van der Waals surface area contributed by atoms with E-state index in [2.05, 4.69) is 36.2 Å². The van der Waals surface area contributed by atoms with E-state index in [0.717, 1.165) is 28.9 Å². The zero-order valence-corrected chi connectivity index (χ0v) is 16.4. The molecule has 4 heteroatoms. The Labute approximate surface area is 166 Å². The zero-order chi connectivity index (χ0) is 19.1. The molecule has 1 N–H and O–H groups in total. The van der Waals surface area contributed by atoms with Crippen molar-refractivity contribution in [2.45, 2.75) is 26.4 Å². The molecule has 0 heterocycles. The van der Waals surface area contributed by atoms with Gasteiger partial charge in [-0.15, -0.1) is 0 Å². The summed E-state index contributed by atoms with van der Waals surface area (Å²) in [5, 5.41) is 4.24. The van der Waals surface area contributed by atoms with Crippen LogP contribution in [0.25, 0.3) is 0 Å². The van der Waals surface area contributed by atoms with E-state index in [1.165, 1.54) is 5.56 Å². The summed E-state index contributed by atoms with van der Waals surface area (Å²) in [6.07, 6.45) is 0. The number of hydrogen-bond acceptors (Lipinski definition) is 1. The summed E-state index contributed by atoms with van der Waals surface area (Å²) in [5.74, 6) is 0.817. The van der Waals surface area contributed by atoms with Crippen LogP contribution in [-0.2, 0) is 6.54 Å². The number of aliphatic imine (C=N–C) groups is 1. The van der Waals surface area contributed by atoms with Gasteiger partial charge in [-0.1, -0.05) is 60.1 Å². The van der Waals surface area contributed by atoms with E-state index < -0.39 is 0 Å². The lowest BCUT2D eigenvalue weighted by Gasteiger charge is -2.30. The number of nitrogens with one attached hydrogen (secondary N) is 1. The molecule has 0 spiro atoms. The Morgan fingerprint density at radius 3 is 2.07 bits per heavy atom. The minimum atomic E-state index is 0.263. The summed E-state index contributed by atoms with van der Waals surface area (Å²) >= 11 is 6.04. The first kappa shape index (κ1) is 19.0. The third-order valence-electron chi connectivity index (χ3n) is 4.18. The smallest absolute Gasteiger partial charge is 0.204 e. The summed E-state index contributed by atoms with van der Waals surface area (Å²) in [5.41, 5.74) is 3.11. The molecule has 27 heavy (non-hydrogen) atoms. The van der Waals surface area contributed by atoms with E-state index >= 15 is 0 Å². The molecule has 0 fully saturated rings. The van der Waals surface area contributed by atoms with Crippen molar-refractivity contribution in [1.82, 2.24) is 4.90 Å². The van der Waals surface area contributed by atoms with E-state index in [1.807, 2.05) is 72.8 Å². The third-order valence-corrected chi connectivity index (χ3v) is 4.43. The fraction of sp³-hybridized carbons (Fsp3) is 0.174. The maximum atomic E-state index is 6.04. The number of hydrogen-bond donors (Lipinski definition) is 1. The molecule has 0 bridgehead atoms. The molecule has 0 aliphatic rings. The van der Waals surface area contributed by atoms with Crippen molar-refractivity contribution in [1.29, 1.82) is 0 Å². The van der Waals surface area contributed by atoms with Gasteiger partial charge in [0.1, 0.15) is 0 Å². The Hall–Kier alpha value is -2.78. The predicted molar refractivity (Wildman–Crippen MR) is 116 cm³/mol. The maximum absolute atomic E-state index is 6.04. The topological polar surface area (TPSA) is 27.6 Å². The minimum absolute atomic E-state index is 0.263. The van der Waals surface area contributed by atoms with Crippen molar-refractivity contribution >= 4 is 28.9 Å². The molecule has 3 rings (SSSR count). The van der Waals surface area contributed by atoms with E-state index in [-0.39, 0.29) is 6.04 Å². The van der Waals surface area contributed by atoms with E-state index in [4.69, 9.17) is 16.6 Å². The van der Waals surface area contributed by atoms with E-state index in [9.17, 15) is 0 Å². The van der Waals surface area contributed by atoms with Crippen LogP contribution in [-0.4, -0.2) is 16.9 Å². The van der Waals surface area contributed by atoms with Gasteiger partial charge in [0.2, 0.25) is 5.96 Å². The molecule has 0 aliphatic heterocycles. The molecule has 3 aromatic carbocycles. The molecule has 0 atom stereocenters. The largest absolute Gasteiger partial charge is 0.336 e. The van der Waals surface area contributed by atoms with Gasteiger partial charge in [-0.05, 0) is 55.8 Å². The first-order chi connectivity index (χ1) is 13.1. The fourth-order valence-corrected chi connectivity index (χ4v) is 2.85. The quantitative estimate of drug-likeness (QED) is 0.414. The summed E-state index contributed by atoms with van der Waals surface area (Å²) in [7, 11) is 0. The molecule has 0 unspecified atom stereocenters. The van der Waals surface area contributed by atoms with Crippen molar-refractivity contribution in [2.24, 2.45) is 4.99 Å². The Kier molecular flexibility index (Phi) is 6.50. The number of rotatable bonds is 5. The van der Waals surface area contributed by atoms with Crippen LogP contribution in [0.2, 0.25) is 5.02 Å². The number of para-hydroxylation sites is 2. The molecule has 3 aromatic rings. The average Bonchev–Trinajstić information content (AvgIpc) is 2.68. The normalized spacial score (nSPS) is 11.5. The number of anilines is 1. The van der Waals surface area contributed by atoms with Crippen LogP contribution in [0.1, 0.15) is 19.4 Å². The lowest BCUT2D eigenvalue weighted by Crippen LogP contribution is -2.40. The lowest BCUT2D eigenvalue weighted by molar-refractivity contribution is 0.342. The second-order valence-electron chi connectivity index (χ2n) is 6.61. The molecule has 0 saturated heterocycles. The van der Waals surface area contributed by atoms with Crippen LogP contribution in [0.5, 0.6) is 0 Å². The highest BCUT2D eigenvalue weighted by Crippen LogP contribution is 2.18. The van der Waals surface area contributed by atoms with Gasteiger partial charge < -0.3 is 10.2 Å². The Balaban J connectivity index is 1.94. The van der Waals surface area contributed by atoms with Gasteiger partial charge in [-0.2, -0.15) is 0 Å². The Morgan fingerprint density at radius 2 is 1.48 bits per heavy atom. The molecule has 3 nitrogen and oxygen atoms in total. The zero-order valence-electron chi connectivity index (χ0n) is 15.6. The minimum Gasteiger partial charge on any atom is -0.336 e. The second-order valence-corrected chi connectivity index (χ2v) is 7.05. The molecule has 0 aromatic heterocycles. The van der Waals surface area contributed by atoms with Crippen molar-refractivity contribution in [2.75, 3.05) is 5.32 Å². The average molecular weight is 378 g/mol. The van der Waals surface area contributed by atoms with Crippen LogP contribution in [0.3, 0.4) is 0 Å². The van der Waals surface area contributed by atoms with E-state index in [0.29, 0.717) is 0 Å². The van der Waals surface area contributed by atoms with Crippen molar-refractivity contribution < 1.29 is 0 Å². The summed E-state index contributed by atoms with van der Waals surface area (Å²) in [4.78, 5) is 7.15. The highest BCUT2D eigenvalue weighted by atomic mass is 35.5. The number of halogens is 1. The van der Waals surface area contributed by atoms with Gasteiger partial charge in [0.05, 0.1) is 5.69 Å². The molecule has 0 saturated carbocycles. The summed E-state index contributed by atoms with van der Waals surface area (Å²) in [6, 6.07) is 28.4. The Morgan fingerprint density at radius 1 is 0.889 bits per heavy atom. The van der Waals surface area contributed by atoms with Crippen LogP contribution >= 0.6 is 11.6 Å². The van der Waals surface area contributed by atoms with Crippen LogP contribution in [0.15, 0.2) is 89.9 Å². The standard InChI is InChI=1S/C23H24ClN3/c1-18(2)27(17-19-13-15-20(24)16-14-19)23(25-21-9-5-3-6-10-21)26-22-11-7-4-8-12-22/h3-16,18H,17H2,1-2H3,(H,25,26). The first-order valence-electron chi connectivity index (χ1n) is 9.09. The first-order valence-corrected chi connectivity index (χ1v) is 9.46. The second kappa shape index (κ2) is 9.24. The van der Waals surface area contributed by atoms with E-state index in [1.54, 1.807) is 0 Å². The molecule has 0 aliphatic carbocycles. The highest BCUT2D eigenvalue weighted by Gasteiger charge is 2.16. The van der Waals surface area contributed by atoms with Gasteiger partial charge >= 0.3 is 0 Å². The van der Waals surface area contributed by atoms with Crippen LogP contribution in [0, 0.1) is 0 Å². The number of benzene rings is 3. The third kappa shape index (κ3) is 5.60.